The van der Waals surface area contributed by atoms with Gasteiger partial charge < -0.3 is 19.7 Å². The first-order chi connectivity index (χ1) is 16.0. The van der Waals surface area contributed by atoms with E-state index in [1.54, 1.807) is 26.0 Å². The summed E-state index contributed by atoms with van der Waals surface area (Å²) in [6.45, 7) is 7.97. The molecule has 180 valence electrons. The normalized spacial score (nSPS) is 16.5. The van der Waals surface area contributed by atoms with Crippen molar-refractivity contribution in [3.63, 3.8) is 0 Å². The van der Waals surface area contributed by atoms with Gasteiger partial charge in [-0.05, 0) is 64.3 Å². The smallest absolute Gasteiger partial charge is 0.356 e. The van der Waals surface area contributed by atoms with Crippen LogP contribution >= 0.6 is 11.6 Å². The van der Waals surface area contributed by atoms with E-state index in [4.69, 9.17) is 16.0 Å². The van der Waals surface area contributed by atoms with Crippen LogP contribution in [0.1, 0.15) is 59.9 Å². The molecule has 0 amide bonds. The number of halogens is 2. The zero-order chi connectivity index (χ0) is 24.8. The van der Waals surface area contributed by atoms with Crippen LogP contribution in [0, 0.1) is 13.8 Å². The Balaban J connectivity index is 1.79. The number of aromatic carboxylic acids is 1. The molecule has 2 aromatic heterocycles. The summed E-state index contributed by atoms with van der Waals surface area (Å²) in [7, 11) is 0. The van der Waals surface area contributed by atoms with E-state index in [2.05, 4.69) is 10.3 Å². The fraction of sp³-hybridized carbons (Fsp3) is 0.400. The molecule has 3 heterocycles. The first kappa shape index (κ1) is 24.0. The molecule has 0 bridgehead atoms. The van der Waals surface area contributed by atoms with Crippen LogP contribution in [-0.2, 0) is 0 Å². The standard InChI is InChI=1S/C25H27ClFN3O4/c1-13-11-16(15(3)28-18-5-6-19(26)29-20(18)24(32)33)22-17(12-13)21(31)14(2)23(34-22)30-9-7-25(4,27)8-10-30/h5-6,11-12,15,28H,7-10H2,1-4H3,(H,32,33)/t15-/m1/s1. The van der Waals surface area contributed by atoms with Crippen molar-refractivity contribution >= 4 is 40.1 Å². The maximum Gasteiger partial charge on any atom is 0.356 e. The van der Waals surface area contributed by atoms with Crippen LogP contribution in [-0.4, -0.2) is 34.8 Å². The number of fused-ring (bicyclic) bond motifs is 1. The van der Waals surface area contributed by atoms with Crippen molar-refractivity contribution in [3.05, 3.63) is 62.0 Å². The van der Waals surface area contributed by atoms with Gasteiger partial charge in [0, 0.05) is 18.7 Å². The van der Waals surface area contributed by atoms with Crippen LogP contribution in [0.2, 0.25) is 5.15 Å². The number of benzene rings is 1. The van der Waals surface area contributed by atoms with E-state index in [1.165, 1.54) is 6.07 Å². The number of anilines is 2. The molecule has 1 aromatic carbocycles. The fourth-order valence-corrected chi connectivity index (χ4v) is 4.53. The predicted molar refractivity (Wildman–Crippen MR) is 131 cm³/mol. The lowest BCUT2D eigenvalue weighted by molar-refractivity contribution is 0.0691. The quantitative estimate of drug-likeness (QED) is 0.448. The van der Waals surface area contributed by atoms with Crippen molar-refractivity contribution < 1.29 is 18.7 Å². The molecule has 1 fully saturated rings. The number of alkyl halides is 1. The van der Waals surface area contributed by atoms with Gasteiger partial charge in [0.1, 0.15) is 16.4 Å². The van der Waals surface area contributed by atoms with E-state index >= 15 is 0 Å². The Morgan fingerprint density at radius 1 is 1.29 bits per heavy atom. The molecule has 7 nitrogen and oxygen atoms in total. The molecule has 0 spiro atoms. The summed E-state index contributed by atoms with van der Waals surface area (Å²) in [6, 6.07) is 6.34. The van der Waals surface area contributed by atoms with E-state index in [1.807, 2.05) is 24.8 Å². The van der Waals surface area contributed by atoms with Crippen molar-refractivity contribution in [2.75, 3.05) is 23.3 Å². The summed E-state index contributed by atoms with van der Waals surface area (Å²) in [6.07, 6.45) is 0.711. The molecule has 0 radical (unpaired) electrons. The maximum atomic E-state index is 14.3. The lowest BCUT2D eigenvalue weighted by Gasteiger charge is -2.35. The van der Waals surface area contributed by atoms with Crippen LogP contribution in [0.3, 0.4) is 0 Å². The molecular formula is C25H27ClFN3O4. The molecule has 0 unspecified atom stereocenters. The van der Waals surface area contributed by atoms with E-state index < -0.39 is 17.7 Å². The van der Waals surface area contributed by atoms with E-state index in [-0.39, 0.29) is 16.3 Å². The van der Waals surface area contributed by atoms with Gasteiger partial charge in [-0.25, -0.2) is 14.2 Å². The molecule has 4 rings (SSSR count). The third-order valence-corrected chi connectivity index (χ3v) is 6.57. The van der Waals surface area contributed by atoms with Gasteiger partial charge in [-0.15, -0.1) is 0 Å². The van der Waals surface area contributed by atoms with Crippen LogP contribution in [0.25, 0.3) is 11.0 Å². The molecule has 0 aliphatic carbocycles. The zero-order valence-corrected chi connectivity index (χ0v) is 20.3. The second-order valence-corrected chi connectivity index (χ2v) is 9.58. The number of aromatic nitrogens is 1. The number of carboxylic acid groups (broad SMARTS) is 1. The van der Waals surface area contributed by atoms with Gasteiger partial charge in [0.15, 0.2) is 11.1 Å². The molecule has 2 N–H and O–H groups in total. The van der Waals surface area contributed by atoms with Crippen molar-refractivity contribution in [3.8, 4) is 0 Å². The Hall–Kier alpha value is -3.13. The molecule has 0 saturated carbocycles. The number of rotatable bonds is 5. The van der Waals surface area contributed by atoms with Crippen LogP contribution in [0.15, 0.2) is 33.5 Å². The lowest BCUT2D eigenvalue weighted by atomic mass is 9.95. The molecule has 34 heavy (non-hydrogen) atoms. The number of carboxylic acids is 1. The number of carbonyl (C=O) groups is 1. The largest absolute Gasteiger partial charge is 0.476 e. The highest BCUT2D eigenvalue weighted by Gasteiger charge is 2.32. The topological polar surface area (TPSA) is 95.7 Å². The Morgan fingerprint density at radius 3 is 2.62 bits per heavy atom. The van der Waals surface area contributed by atoms with Crippen LogP contribution in [0.4, 0.5) is 16.0 Å². The Bertz CT molecular complexity index is 1330. The summed E-state index contributed by atoms with van der Waals surface area (Å²) in [4.78, 5) is 30.8. The number of pyridine rings is 1. The third-order valence-electron chi connectivity index (χ3n) is 6.36. The Labute approximate surface area is 201 Å². The second kappa shape index (κ2) is 8.91. The van der Waals surface area contributed by atoms with Gasteiger partial charge in [-0.3, -0.25) is 4.79 Å². The van der Waals surface area contributed by atoms with Gasteiger partial charge in [0.2, 0.25) is 5.88 Å². The lowest BCUT2D eigenvalue weighted by Crippen LogP contribution is -2.40. The summed E-state index contributed by atoms with van der Waals surface area (Å²) in [5.41, 5.74) is 1.22. The fourth-order valence-electron chi connectivity index (χ4n) is 4.38. The highest BCUT2D eigenvalue weighted by molar-refractivity contribution is 6.29. The summed E-state index contributed by atoms with van der Waals surface area (Å²) < 4.78 is 20.7. The van der Waals surface area contributed by atoms with Crippen molar-refractivity contribution in [1.29, 1.82) is 0 Å². The van der Waals surface area contributed by atoms with Gasteiger partial charge in [-0.2, -0.15) is 0 Å². The summed E-state index contributed by atoms with van der Waals surface area (Å²) in [5.74, 6) is -0.759. The van der Waals surface area contributed by atoms with Crippen LogP contribution < -0.4 is 15.6 Å². The maximum absolute atomic E-state index is 14.3. The average molecular weight is 488 g/mol. The number of nitrogens with zero attached hydrogens (tertiary/aromatic N) is 2. The number of piperidine rings is 1. The summed E-state index contributed by atoms with van der Waals surface area (Å²) in [5, 5.41) is 13.2. The molecule has 9 heteroatoms. The predicted octanol–water partition coefficient (Wildman–Crippen LogP) is 5.66. The Kier molecular flexibility index (Phi) is 6.29. The minimum absolute atomic E-state index is 0.0774. The third kappa shape index (κ3) is 4.59. The van der Waals surface area contributed by atoms with E-state index in [9.17, 15) is 19.1 Å². The molecule has 1 aliphatic heterocycles. The van der Waals surface area contributed by atoms with Crippen molar-refractivity contribution in [2.45, 2.75) is 52.2 Å². The monoisotopic (exact) mass is 487 g/mol. The van der Waals surface area contributed by atoms with Crippen LogP contribution in [0.5, 0.6) is 0 Å². The first-order valence-electron chi connectivity index (χ1n) is 11.1. The SMILES string of the molecule is Cc1cc([C@@H](C)Nc2ccc(Cl)nc2C(=O)O)c2oc(N3CCC(C)(F)CC3)c(C)c(=O)c2c1. The Morgan fingerprint density at radius 2 is 1.97 bits per heavy atom. The second-order valence-electron chi connectivity index (χ2n) is 9.19. The highest BCUT2D eigenvalue weighted by Crippen LogP contribution is 2.34. The minimum atomic E-state index is -1.23. The molecular weight excluding hydrogens is 461 g/mol. The summed E-state index contributed by atoms with van der Waals surface area (Å²) >= 11 is 5.87. The molecule has 3 aromatic rings. The zero-order valence-electron chi connectivity index (χ0n) is 19.5. The molecule has 1 atom stereocenters. The molecule has 1 saturated heterocycles. The number of hydrogen-bond acceptors (Lipinski definition) is 6. The van der Waals surface area contributed by atoms with Gasteiger partial charge in [0.25, 0.3) is 0 Å². The van der Waals surface area contributed by atoms with Gasteiger partial charge >= 0.3 is 5.97 Å². The van der Waals surface area contributed by atoms with Crippen molar-refractivity contribution in [1.82, 2.24) is 4.98 Å². The number of aryl methyl sites for hydroxylation is 1. The number of hydrogen-bond donors (Lipinski definition) is 2. The van der Waals surface area contributed by atoms with Gasteiger partial charge in [-0.1, -0.05) is 17.7 Å². The molecule has 1 aliphatic rings. The van der Waals surface area contributed by atoms with Gasteiger partial charge in [0.05, 0.1) is 22.7 Å². The van der Waals surface area contributed by atoms with E-state index in [0.29, 0.717) is 59.6 Å². The number of nitrogens with one attached hydrogen (secondary N) is 1. The minimum Gasteiger partial charge on any atom is -0.476 e. The first-order valence-corrected chi connectivity index (χ1v) is 11.5. The average Bonchev–Trinajstić information content (AvgIpc) is 2.77. The highest BCUT2D eigenvalue weighted by atomic mass is 35.5. The van der Waals surface area contributed by atoms with Crippen molar-refractivity contribution in [2.24, 2.45) is 0 Å². The van der Waals surface area contributed by atoms with E-state index in [0.717, 1.165) is 5.56 Å².